The number of benzene rings is 1. The van der Waals surface area contributed by atoms with E-state index in [2.05, 4.69) is 75.4 Å². The van der Waals surface area contributed by atoms with Gasteiger partial charge in [-0.05, 0) is 31.7 Å². The molecule has 6 nitrogen and oxygen atoms in total. The van der Waals surface area contributed by atoms with Crippen LogP contribution in [0.5, 0.6) is 0 Å². The second-order valence-corrected chi connectivity index (χ2v) is 6.68. The number of guanidine groups is 1. The Morgan fingerprint density at radius 3 is 2.92 bits per heavy atom. The number of halogens is 1. The molecule has 1 aliphatic heterocycles. The number of nitrogens with one attached hydrogen (secondary N) is 2. The maximum Gasteiger partial charge on any atom is 0.191 e. The van der Waals surface area contributed by atoms with E-state index in [1.54, 1.807) is 0 Å². The van der Waals surface area contributed by atoms with E-state index in [9.17, 15) is 0 Å². The number of hydrogen-bond acceptors (Lipinski definition) is 3. The third-order valence-corrected chi connectivity index (χ3v) is 4.60. The molecule has 0 spiro atoms. The predicted molar refractivity (Wildman–Crippen MR) is 116 cm³/mol. The molecule has 1 aromatic heterocycles. The summed E-state index contributed by atoms with van der Waals surface area (Å²) in [5, 5.41) is 15.3. The van der Waals surface area contributed by atoms with Gasteiger partial charge in [-0.3, -0.25) is 0 Å². The van der Waals surface area contributed by atoms with Crippen molar-refractivity contribution >= 4 is 29.9 Å². The van der Waals surface area contributed by atoms with Crippen molar-refractivity contribution in [3.05, 3.63) is 47.0 Å². The average Bonchev–Trinajstić information content (AvgIpc) is 3.21. The third kappa shape index (κ3) is 5.18. The lowest BCUT2D eigenvalue weighted by atomic mass is 9.99. The summed E-state index contributed by atoms with van der Waals surface area (Å²) in [5.74, 6) is 3.30. The fourth-order valence-corrected chi connectivity index (χ4v) is 3.16. The number of nitrogens with zero attached hydrogens (tertiary/aromatic N) is 4. The van der Waals surface area contributed by atoms with Crippen LogP contribution in [0.3, 0.4) is 0 Å². The standard InChI is InChI=1S/C19H28N6.HI/c1-4-20-19(21-12-15(3)16-8-5-7-14(2)11-16)22-13-18-24-23-17-9-6-10-25(17)18;/h5,7-8,11,15H,4,6,9-10,12-13H2,1-3H3,(H2,20,21,22);1H. The number of aliphatic imine (C=N–C) groups is 1. The molecule has 2 N–H and O–H groups in total. The molecule has 1 atom stereocenters. The van der Waals surface area contributed by atoms with Crippen molar-refractivity contribution < 1.29 is 0 Å². The molecule has 1 aromatic carbocycles. The molecule has 2 aromatic rings. The van der Waals surface area contributed by atoms with E-state index in [-0.39, 0.29) is 24.0 Å². The van der Waals surface area contributed by atoms with Crippen molar-refractivity contribution in [3.8, 4) is 0 Å². The summed E-state index contributed by atoms with van der Waals surface area (Å²) in [5.41, 5.74) is 2.64. The first-order chi connectivity index (χ1) is 12.2. The zero-order chi connectivity index (χ0) is 17.6. The van der Waals surface area contributed by atoms with Crippen molar-refractivity contribution in [3.63, 3.8) is 0 Å². The van der Waals surface area contributed by atoms with Crippen molar-refractivity contribution in [1.82, 2.24) is 25.4 Å². The van der Waals surface area contributed by atoms with E-state index in [0.717, 1.165) is 50.1 Å². The van der Waals surface area contributed by atoms with Crippen LogP contribution in [-0.2, 0) is 19.5 Å². The number of aryl methyl sites for hydroxylation is 2. The molecular formula is C19H29IN6. The summed E-state index contributed by atoms with van der Waals surface area (Å²) in [6.07, 6.45) is 2.19. The van der Waals surface area contributed by atoms with Crippen LogP contribution in [-0.4, -0.2) is 33.8 Å². The number of hydrogen-bond donors (Lipinski definition) is 2. The van der Waals surface area contributed by atoms with E-state index in [0.29, 0.717) is 12.5 Å². The monoisotopic (exact) mass is 468 g/mol. The first-order valence-electron chi connectivity index (χ1n) is 9.17. The van der Waals surface area contributed by atoms with Crippen LogP contribution in [0.25, 0.3) is 0 Å². The number of aromatic nitrogens is 3. The lowest BCUT2D eigenvalue weighted by Gasteiger charge is -2.16. The first kappa shape index (κ1) is 20.7. The van der Waals surface area contributed by atoms with E-state index < -0.39 is 0 Å². The molecule has 0 bridgehead atoms. The van der Waals surface area contributed by atoms with Gasteiger partial charge in [0.05, 0.1) is 0 Å². The highest BCUT2D eigenvalue weighted by Crippen LogP contribution is 2.16. The zero-order valence-electron chi connectivity index (χ0n) is 15.8. The van der Waals surface area contributed by atoms with Gasteiger partial charge in [0, 0.05) is 26.1 Å². The van der Waals surface area contributed by atoms with E-state index in [1.165, 1.54) is 11.1 Å². The first-order valence-corrected chi connectivity index (χ1v) is 9.17. The Kier molecular flexibility index (Phi) is 7.86. The smallest absolute Gasteiger partial charge is 0.191 e. The fourth-order valence-electron chi connectivity index (χ4n) is 3.16. The van der Waals surface area contributed by atoms with E-state index in [4.69, 9.17) is 0 Å². The van der Waals surface area contributed by atoms with Crippen LogP contribution in [0.15, 0.2) is 29.3 Å². The second kappa shape index (κ2) is 9.89. The molecule has 2 heterocycles. The minimum Gasteiger partial charge on any atom is -0.357 e. The van der Waals surface area contributed by atoms with Crippen molar-refractivity contribution in [2.24, 2.45) is 4.99 Å². The average molecular weight is 468 g/mol. The Morgan fingerprint density at radius 2 is 2.15 bits per heavy atom. The Balaban J connectivity index is 0.00000243. The topological polar surface area (TPSA) is 67.1 Å². The molecule has 0 fully saturated rings. The van der Waals surface area contributed by atoms with Crippen molar-refractivity contribution in [2.75, 3.05) is 13.1 Å². The molecule has 142 valence electrons. The number of fused-ring (bicyclic) bond motifs is 1. The third-order valence-electron chi connectivity index (χ3n) is 4.60. The van der Waals surface area contributed by atoms with Gasteiger partial charge in [0.25, 0.3) is 0 Å². The van der Waals surface area contributed by atoms with Crippen LogP contribution in [0.2, 0.25) is 0 Å². The van der Waals surface area contributed by atoms with Gasteiger partial charge in [-0.15, -0.1) is 34.2 Å². The van der Waals surface area contributed by atoms with Crippen LogP contribution >= 0.6 is 24.0 Å². The van der Waals surface area contributed by atoms with Gasteiger partial charge in [-0.25, -0.2) is 4.99 Å². The molecule has 0 aliphatic carbocycles. The molecule has 3 rings (SSSR count). The predicted octanol–water partition coefficient (Wildman–Crippen LogP) is 3.01. The molecular weight excluding hydrogens is 439 g/mol. The number of rotatable bonds is 6. The van der Waals surface area contributed by atoms with Crippen molar-refractivity contribution in [2.45, 2.75) is 52.6 Å². The minimum absolute atomic E-state index is 0. The van der Waals surface area contributed by atoms with Gasteiger partial charge in [0.15, 0.2) is 11.8 Å². The molecule has 7 heteroatoms. The Bertz CT molecular complexity index is 739. The van der Waals surface area contributed by atoms with Gasteiger partial charge in [-0.1, -0.05) is 36.8 Å². The lowest BCUT2D eigenvalue weighted by molar-refractivity contribution is 0.676. The Hall–Kier alpha value is -1.64. The summed E-state index contributed by atoms with van der Waals surface area (Å²) in [4.78, 5) is 4.69. The van der Waals surface area contributed by atoms with Crippen LogP contribution in [0, 0.1) is 6.92 Å². The molecule has 1 unspecified atom stereocenters. The summed E-state index contributed by atoms with van der Waals surface area (Å²) in [6, 6.07) is 8.68. The second-order valence-electron chi connectivity index (χ2n) is 6.68. The summed E-state index contributed by atoms with van der Waals surface area (Å²) < 4.78 is 2.20. The molecule has 0 amide bonds. The normalized spacial score (nSPS) is 14.5. The minimum atomic E-state index is 0. The molecule has 0 radical (unpaired) electrons. The summed E-state index contributed by atoms with van der Waals surface area (Å²) in [6.45, 7) is 9.69. The SMILES string of the molecule is CCNC(=NCc1nnc2n1CCC2)NCC(C)c1cccc(C)c1.I. The quantitative estimate of drug-likeness (QED) is 0.389. The highest BCUT2D eigenvalue weighted by molar-refractivity contribution is 14.0. The summed E-state index contributed by atoms with van der Waals surface area (Å²) >= 11 is 0. The van der Waals surface area contributed by atoms with E-state index >= 15 is 0 Å². The van der Waals surface area contributed by atoms with Crippen LogP contribution in [0.4, 0.5) is 0 Å². The van der Waals surface area contributed by atoms with Crippen molar-refractivity contribution in [1.29, 1.82) is 0 Å². The van der Waals surface area contributed by atoms with Gasteiger partial charge in [0.1, 0.15) is 12.4 Å². The molecule has 1 aliphatic rings. The summed E-state index contributed by atoms with van der Waals surface area (Å²) in [7, 11) is 0. The Morgan fingerprint density at radius 1 is 1.31 bits per heavy atom. The highest BCUT2D eigenvalue weighted by Gasteiger charge is 2.16. The lowest BCUT2D eigenvalue weighted by Crippen LogP contribution is -2.39. The molecule has 0 saturated carbocycles. The molecule has 0 saturated heterocycles. The van der Waals surface area contributed by atoms with Crippen LogP contribution < -0.4 is 10.6 Å². The molecule has 26 heavy (non-hydrogen) atoms. The fraction of sp³-hybridized carbons (Fsp3) is 0.526. The Labute approximate surface area is 172 Å². The van der Waals surface area contributed by atoms with Gasteiger partial charge in [0.2, 0.25) is 0 Å². The highest BCUT2D eigenvalue weighted by atomic mass is 127. The maximum absolute atomic E-state index is 4.69. The van der Waals surface area contributed by atoms with Gasteiger partial charge < -0.3 is 15.2 Å². The largest absolute Gasteiger partial charge is 0.357 e. The zero-order valence-corrected chi connectivity index (χ0v) is 18.2. The maximum atomic E-state index is 4.69. The van der Waals surface area contributed by atoms with Gasteiger partial charge >= 0.3 is 0 Å². The van der Waals surface area contributed by atoms with E-state index in [1.807, 2.05) is 0 Å². The van der Waals surface area contributed by atoms with Crippen LogP contribution in [0.1, 0.15) is 49.0 Å². The van der Waals surface area contributed by atoms with Gasteiger partial charge in [-0.2, -0.15) is 0 Å².